The highest BCUT2D eigenvalue weighted by molar-refractivity contribution is 7.99. The second-order valence-electron chi connectivity index (χ2n) is 8.38. The third-order valence-corrected chi connectivity index (χ3v) is 6.75. The van der Waals surface area contributed by atoms with E-state index in [0.29, 0.717) is 24.1 Å². The third-order valence-electron chi connectivity index (χ3n) is 5.78. The van der Waals surface area contributed by atoms with Crippen molar-refractivity contribution in [1.29, 1.82) is 0 Å². The molecule has 0 spiro atoms. The van der Waals surface area contributed by atoms with Crippen LogP contribution in [0.25, 0.3) is 0 Å². The number of carbonyl (C=O) groups excluding carboxylic acids is 1. The number of rotatable bonds is 9. The van der Waals surface area contributed by atoms with E-state index in [1.165, 1.54) is 41.3 Å². The fourth-order valence-corrected chi connectivity index (χ4v) is 4.83. The van der Waals surface area contributed by atoms with Crippen LogP contribution in [0.5, 0.6) is 5.75 Å². The number of anilines is 1. The summed E-state index contributed by atoms with van der Waals surface area (Å²) < 4.78 is 7.98. The van der Waals surface area contributed by atoms with Crippen LogP contribution < -0.4 is 10.1 Å². The molecule has 2 aromatic carbocycles. The van der Waals surface area contributed by atoms with Crippen LogP contribution in [0.4, 0.5) is 5.69 Å². The molecule has 1 N–H and O–H groups in total. The van der Waals surface area contributed by atoms with Gasteiger partial charge in [0.2, 0.25) is 5.91 Å². The van der Waals surface area contributed by atoms with Crippen LogP contribution >= 0.6 is 11.8 Å². The number of carbonyl (C=O) groups is 1. The Kier molecular flexibility index (Phi) is 7.50. The molecule has 0 fully saturated rings. The molecule has 0 atom stereocenters. The molecule has 0 aliphatic heterocycles. The van der Waals surface area contributed by atoms with E-state index in [2.05, 4.69) is 40.3 Å². The Bertz CT molecular complexity index is 1160. The van der Waals surface area contributed by atoms with Crippen molar-refractivity contribution < 1.29 is 9.53 Å². The lowest BCUT2D eigenvalue weighted by molar-refractivity contribution is -0.113. The number of nitrogens with zero attached hydrogens (tertiary/aromatic N) is 3. The van der Waals surface area contributed by atoms with Gasteiger partial charge in [-0.2, -0.15) is 0 Å². The normalized spacial score (nSPS) is 12.8. The molecule has 7 heteroatoms. The van der Waals surface area contributed by atoms with Gasteiger partial charge in [0.15, 0.2) is 11.0 Å². The second-order valence-corrected chi connectivity index (χ2v) is 9.32. The van der Waals surface area contributed by atoms with Crippen LogP contribution in [0.2, 0.25) is 0 Å². The largest absolute Gasteiger partial charge is 0.486 e. The van der Waals surface area contributed by atoms with Crippen molar-refractivity contribution in [2.75, 3.05) is 11.1 Å². The van der Waals surface area contributed by atoms with E-state index < -0.39 is 0 Å². The number of nitrogens with one attached hydrogen (secondary N) is 1. The summed E-state index contributed by atoms with van der Waals surface area (Å²) in [6.45, 7) is 8.74. The average Bonchev–Trinajstić information content (AvgIpc) is 3.20. The van der Waals surface area contributed by atoms with Gasteiger partial charge in [-0.05, 0) is 74.4 Å². The zero-order valence-electron chi connectivity index (χ0n) is 19.3. The first-order valence-corrected chi connectivity index (χ1v) is 12.3. The summed E-state index contributed by atoms with van der Waals surface area (Å²) in [5.74, 6) is 1.73. The molecule has 33 heavy (non-hydrogen) atoms. The lowest BCUT2D eigenvalue weighted by Gasteiger charge is -2.16. The standard InChI is InChI=1S/C26H30N4O2S/c1-4-13-30-24(16-32-22-11-10-20-7-5-6-8-21(20)15-22)28-29-26(30)33-17-25(31)27-23-12-9-18(2)14-19(23)3/h4,9-12,14-15H,1,5-8,13,16-17H2,2-3H3,(H,27,31). The number of aromatic nitrogens is 3. The van der Waals surface area contributed by atoms with Gasteiger partial charge in [0.1, 0.15) is 12.4 Å². The Morgan fingerprint density at radius 2 is 1.97 bits per heavy atom. The Balaban J connectivity index is 1.38. The van der Waals surface area contributed by atoms with Crippen LogP contribution in [-0.2, 0) is 30.8 Å². The lowest BCUT2D eigenvalue weighted by atomic mass is 9.92. The molecule has 6 nitrogen and oxygen atoms in total. The Hall–Kier alpha value is -3.06. The summed E-state index contributed by atoms with van der Waals surface area (Å²) in [5, 5.41) is 12.3. The predicted octanol–water partition coefficient (Wildman–Crippen LogP) is 5.27. The highest BCUT2D eigenvalue weighted by atomic mass is 32.2. The molecule has 4 rings (SSSR count). The van der Waals surface area contributed by atoms with Crippen LogP contribution in [0.3, 0.4) is 0 Å². The van der Waals surface area contributed by atoms with Gasteiger partial charge in [-0.1, -0.05) is 41.6 Å². The molecule has 0 saturated carbocycles. The molecule has 0 unspecified atom stereocenters. The van der Waals surface area contributed by atoms with E-state index in [9.17, 15) is 4.79 Å². The molecular formula is C26H30N4O2S. The van der Waals surface area contributed by atoms with Crippen molar-refractivity contribution in [3.8, 4) is 5.75 Å². The minimum atomic E-state index is -0.0769. The zero-order chi connectivity index (χ0) is 23.2. The van der Waals surface area contributed by atoms with E-state index in [0.717, 1.165) is 29.8 Å². The molecule has 3 aromatic rings. The molecule has 0 saturated heterocycles. The SMILES string of the molecule is C=CCn1c(COc2ccc3c(c2)CCCC3)nnc1SCC(=O)Nc1ccc(C)cc1C. The summed E-state index contributed by atoms with van der Waals surface area (Å²) in [6.07, 6.45) is 6.57. The van der Waals surface area contributed by atoms with Crippen LogP contribution in [0.1, 0.15) is 40.9 Å². The van der Waals surface area contributed by atoms with E-state index in [1.54, 1.807) is 6.08 Å². The Labute approximate surface area is 199 Å². The molecule has 1 heterocycles. The summed E-state index contributed by atoms with van der Waals surface area (Å²) in [4.78, 5) is 12.5. The van der Waals surface area contributed by atoms with Crippen molar-refractivity contribution in [3.63, 3.8) is 0 Å². The summed E-state index contributed by atoms with van der Waals surface area (Å²) in [5.41, 5.74) is 5.86. The van der Waals surface area contributed by atoms with E-state index in [1.807, 2.05) is 36.6 Å². The average molecular weight is 463 g/mol. The highest BCUT2D eigenvalue weighted by Crippen LogP contribution is 2.26. The van der Waals surface area contributed by atoms with Gasteiger partial charge in [-0.3, -0.25) is 9.36 Å². The first kappa shape index (κ1) is 23.1. The number of allylic oxidation sites excluding steroid dienone is 1. The van der Waals surface area contributed by atoms with Crippen LogP contribution in [-0.4, -0.2) is 26.4 Å². The van der Waals surface area contributed by atoms with E-state index >= 15 is 0 Å². The molecular weight excluding hydrogens is 432 g/mol. The first-order valence-electron chi connectivity index (χ1n) is 11.3. The number of aryl methyl sites for hydroxylation is 4. The van der Waals surface area contributed by atoms with Crippen LogP contribution in [0, 0.1) is 13.8 Å². The van der Waals surface area contributed by atoms with Gasteiger partial charge in [-0.15, -0.1) is 16.8 Å². The molecule has 1 aliphatic rings. The minimum absolute atomic E-state index is 0.0769. The van der Waals surface area contributed by atoms with Crippen molar-refractivity contribution in [1.82, 2.24) is 14.8 Å². The number of amides is 1. The summed E-state index contributed by atoms with van der Waals surface area (Å²) in [7, 11) is 0. The maximum atomic E-state index is 12.5. The quantitative estimate of drug-likeness (QED) is 0.347. The molecule has 1 aromatic heterocycles. The van der Waals surface area contributed by atoms with Gasteiger partial charge < -0.3 is 10.1 Å². The number of hydrogen-bond donors (Lipinski definition) is 1. The van der Waals surface area contributed by atoms with E-state index in [4.69, 9.17) is 4.74 Å². The van der Waals surface area contributed by atoms with Crippen LogP contribution in [0.15, 0.2) is 54.2 Å². The lowest BCUT2D eigenvalue weighted by Crippen LogP contribution is -2.15. The van der Waals surface area contributed by atoms with Gasteiger partial charge >= 0.3 is 0 Å². The van der Waals surface area contributed by atoms with Crippen molar-refractivity contribution in [2.24, 2.45) is 0 Å². The zero-order valence-corrected chi connectivity index (χ0v) is 20.1. The minimum Gasteiger partial charge on any atom is -0.486 e. The number of fused-ring (bicyclic) bond motifs is 1. The van der Waals surface area contributed by atoms with Gasteiger partial charge in [0.25, 0.3) is 0 Å². The second kappa shape index (κ2) is 10.7. The highest BCUT2D eigenvalue weighted by Gasteiger charge is 2.15. The van der Waals surface area contributed by atoms with E-state index in [-0.39, 0.29) is 11.7 Å². The summed E-state index contributed by atoms with van der Waals surface area (Å²) in [6, 6.07) is 12.3. The summed E-state index contributed by atoms with van der Waals surface area (Å²) >= 11 is 1.36. The van der Waals surface area contributed by atoms with Crippen molar-refractivity contribution in [3.05, 3.63) is 77.1 Å². The molecule has 1 aliphatic carbocycles. The topological polar surface area (TPSA) is 69.0 Å². The monoisotopic (exact) mass is 462 g/mol. The van der Waals surface area contributed by atoms with Gasteiger partial charge in [0, 0.05) is 12.2 Å². The smallest absolute Gasteiger partial charge is 0.234 e. The molecule has 172 valence electrons. The molecule has 0 radical (unpaired) electrons. The number of benzene rings is 2. The predicted molar refractivity (Wildman–Crippen MR) is 133 cm³/mol. The molecule has 0 bridgehead atoms. The maximum absolute atomic E-state index is 12.5. The maximum Gasteiger partial charge on any atom is 0.234 e. The molecule has 1 amide bonds. The van der Waals surface area contributed by atoms with Gasteiger partial charge in [-0.25, -0.2) is 0 Å². The van der Waals surface area contributed by atoms with Gasteiger partial charge in [0.05, 0.1) is 5.75 Å². The van der Waals surface area contributed by atoms with Crippen molar-refractivity contribution in [2.45, 2.75) is 57.8 Å². The number of ether oxygens (including phenoxy) is 1. The number of hydrogen-bond acceptors (Lipinski definition) is 5. The fourth-order valence-electron chi connectivity index (χ4n) is 4.06. The fraction of sp³-hybridized carbons (Fsp3) is 0.346. The Morgan fingerprint density at radius 3 is 2.76 bits per heavy atom. The number of thioether (sulfide) groups is 1. The first-order chi connectivity index (χ1) is 16.0. The Morgan fingerprint density at radius 1 is 1.15 bits per heavy atom. The third kappa shape index (κ3) is 5.85. The van der Waals surface area contributed by atoms with Crippen molar-refractivity contribution >= 4 is 23.4 Å².